The summed E-state index contributed by atoms with van der Waals surface area (Å²) in [7, 11) is 1.89. The predicted octanol–water partition coefficient (Wildman–Crippen LogP) is -0.714. The summed E-state index contributed by atoms with van der Waals surface area (Å²) < 4.78 is 5.15. The summed E-state index contributed by atoms with van der Waals surface area (Å²) in [5, 5.41) is 9.64. The highest BCUT2D eigenvalue weighted by Gasteiger charge is 2.24. The molecule has 1 aliphatic heterocycles. The summed E-state index contributed by atoms with van der Waals surface area (Å²) in [4.78, 5) is 17.1. The van der Waals surface area contributed by atoms with Gasteiger partial charge in [-0.1, -0.05) is 0 Å². The number of amides is 1. The van der Waals surface area contributed by atoms with Crippen molar-refractivity contribution in [3.63, 3.8) is 0 Å². The SMILES string of the molecule is CCN(C)c1noc(C2CNC(=O)CN2)n1. The molecule has 1 saturated heterocycles. The van der Waals surface area contributed by atoms with Gasteiger partial charge < -0.3 is 14.7 Å². The summed E-state index contributed by atoms with van der Waals surface area (Å²) in [6.07, 6.45) is 0. The molecule has 1 fully saturated rings. The van der Waals surface area contributed by atoms with Crippen LogP contribution in [-0.2, 0) is 4.79 Å². The van der Waals surface area contributed by atoms with Crippen LogP contribution < -0.4 is 15.5 Å². The molecular formula is C9H15N5O2. The lowest BCUT2D eigenvalue weighted by Crippen LogP contribution is -2.47. The molecule has 2 heterocycles. The predicted molar refractivity (Wildman–Crippen MR) is 57.0 cm³/mol. The first-order chi connectivity index (χ1) is 7.70. The molecule has 1 aliphatic rings. The summed E-state index contributed by atoms with van der Waals surface area (Å²) in [5.74, 6) is 1.06. The van der Waals surface area contributed by atoms with Crippen molar-refractivity contribution in [2.45, 2.75) is 13.0 Å². The summed E-state index contributed by atoms with van der Waals surface area (Å²) >= 11 is 0. The van der Waals surface area contributed by atoms with Crippen LogP contribution in [0, 0.1) is 0 Å². The fraction of sp³-hybridized carbons (Fsp3) is 0.667. The molecule has 2 rings (SSSR count). The van der Waals surface area contributed by atoms with Crippen molar-refractivity contribution in [1.29, 1.82) is 0 Å². The molecule has 1 atom stereocenters. The molecule has 1 aromatic rings. The first-order valence-corrected chi connectivity index (χ1v) is 5.25. The van der Waals surface area contributed by atoms with E-state index >= 15 is 0 Å². The minimum Gasteiger partial charge on any atom is -0.353 e. The van der Waals surface area contributed by atoms with Gasteiger partial charge in [-0.15, -0.1) is 0 Å². The van der Waals surface area contributed by atoms with E-state index in [1.165, 1.54) is 0 Å². The van der Waals surface area contributed by atoms with E-state index in [1.807, 2.05) is 18.9 Å². The van der Waals surface area contributed by atoms with E-state index in [2.05, 4.69) is 20.8 Å². The second-order valence-electron chi connectivity index (χ2n) is 3.68. The normalized spacial score (nSPS) is 20.6. The van der Waals surface area contributed by atoms with Gasteiger partial charge in [-0.25, -0.2) is 0 Å². The van der Waals surface area contributed by atoms with Gasteiger partial charge in [0.2, 0.25) is 11.8 Å². The van der Waals surface area contributed by atoms with Crippen LogP contribution in [0.3, 0.4) is 0 Å². The van der Waals surface area contributed by atoms with E-state index in [1.54, 1.807) is 0 Å². The number of rotatable bonds is 3. The Balaban J connectivity index is 2.04. The number of anilines is 1. The Morgan fingerprint density at radius 2 is 2.44 bits per heavy atom. The van der Waals surface area contributed by atoms with Crippen molar-refractivity contribution in [3.8, 4) is 0 Å². The van der Waals surface area contributed by atoms with Gasteiger partial charge in [0.05, 0.1) is 6.54 Å². The van der Waals surface area contributed by atoms with Crippen LogP contribution in [0.4, 0.5) is 5.95 Å². The average molecular weight is 225 g/mol. The molecule has 0 bridgehead atoms. The Hall–Kier alpha value is -1.63. The number of carbonyl (C=O) groups excluding carboxylic acids is 1. The lowest BCUT2D eigenvalue weighted by Gasteiger charge is -2.20. The lowest BCUT2D eigenvalue weighted by molar-refractivity contribution is -0.121. The molecule has 16 heavy (non-hydrogen) atoms. The highest BCUT2D eigenvalue weighted by molar-refractivity contribution is 5.78. The molecule has 0 radical (unpaired) electrons. The van der Waals surface area contributed by atoms with Crippen LogP contribution in [0.5, 0.6) is 0 Å². The van der Waals surface area contributed by atoms with Crippen molar-refractivity contribution >= 4 is 11.9 Å². The second-order valence-corrected chi connectivity index (χ2v) is 3.68. The molecule has 7 nitrogen and oxygen atoms in total. The molecule has 0 saturated carbocycles. The van der Waals surface area contributed by atoms with E-state index in [-0.39, 0.29) is 18.5 Å². The number of nitrogens with one attached hydrogen (secondary N) is 2. The van der Waals surface area contributed by atoms with E-state index in [0.29, 0.717) is 18.4 Å². The second kappa shape index (κ2) is 4.48. The van der Waals surface area contributed by atoms with E-state index < -0.39 is 0 Å². The molecule has 1 aromatic heterocycles. The third-order valence-corrected chi connectivity index (χ3v) is 2.56. The van der Waals surface area contributed by atoms with Gasteiger partial charge in [0.1, 0.15) is 6.04 Å². The maximum Gasteiger partial charge on any atom is 0.265 e. The lowest BCUT2D eigenvalue weighted by atomic mass is 10.2. The van der Waals surface area contributed by atoms with Crippen LogP contribution in [0.1, 0.15) is 18.9 Å². The zero-order chi connectivity index (χ0) is 11.5. The first kappa shape index (κ1) is 10.9. The molecule has 2 N–H and O–H groups in total. The standard InChI is InChI=1S/C9H15N5O2/c1-3-14(2)9-12-8(16-13-9)6-4-11-7(15)5-10-6/h6,10H,3-5H2,1-2H3,(H,11,15). The Kier molecular flexibility index (Phi) is 3.04. The number of carbonyl (C=O) groups is 1. The van der Waals surface area contributed by atoms with Crippen molar-refractivity contribution < 1.29 is 9.32 Å². The summed E-state index contributed by atoms with van der Waals surface area (Å²) in [6.45, 7) is 3.59. The van der Waals surface area contributed by atoms with E-state index in [9.17, 15) is 4.79 Å². The van der Waals surface area contributed by atoms with Gasteiger partial charge in [-0.3, -0.25) is 10.1 Å². The molecule has 0 aliphatic carbocycles. The van der Waals surface area contributed by atoms with Crippen molar-refractivity contribution in [1.82, 2.24) is 20.8 Å². The van der Waals surface area contributed by atoms with Gasteiger partial charge in [0.25, 0.3) is 5.95 Å². The Labute approximate surface area is 93.2 Å². The number of hydrogen-bond donors (Lipinski definition) is 2. The van der Waals surface area contributed by atoms with Gasteiger partial charge in [0, 0.05) is 20.1 Å². The minimum absolute atomic E-state index is 0.0123. The minimum atomic E-state index is -0.0933. The molecule has 1 unspecified atom stereocenters. The molecule has 0 aromatic carbocycles. The van der Waals surface area contributed by atoms with Crippen molar-refractivity contribution in [2.24, 2.45) is 0 Å². The number of hydrogen-bond acceptors (Lipinski definition) is 6. The quantitative estimate of drug-likeness (QED) is 0.706. The average Bonchev–Trinajstić information content (AvgIpc) is 2.78. The Bertz CT molecular complexity index is 368. The van der Waals surface area contributed by atoms with Gasteiger partial charge in [-0.05, 0) is 12.1 Å². The third-order valence-electron chi connectivity index (χ3n) is 2.56. The topological polar surface area (TPSA) is 83.3 Å². The summed E-state index contributed by atoms with van der Waals surface area (Å²) in [5.41, 5.74) is 0. The van der Waals surface area contributed by atoms with Crippen LogP contribution in [-0.4, -0.2) is 42.7 Å². The number of piperazine rings is 1. The monoisotopic (exact) mass is 225 g/mol. The highest BCUT2D eigenvalue weighted by atomic mass is 16.5. The van der Waals surface area contributed by atoms with Crippen LogP contribution >= 0.6 is 0 Å². The fourth-order valence-corrected chi connectivity index (χ4v) is 1.41. The van der Waals surface area contributed by atoms with Gasteiger partial charge >= 0.3 is 0 Å². The maximum atomic E-state index is 11.0. The van der Waals surface area contributed by atoms with Gasteiger partial charge in [-0.2, -0.15) is 4.98 Å². The largest absolute Gasteiger partial charge is 0.353 e. The molecule has 1 amide bonds. The maximum absolute atomic E-state index is 11.0. The number of nitrogens with zero attached hydrogens (tertiary/aromatic N) is 3. The van der Waals surface area contributed by atoms with E-state index in [4.69, 9.17) is 4.52 Å². The van der Waals surface area contributed by atoms with Crippen LogP contribution in [0.2, 0.25) is 0 Å². The fourth-order valence-electron chi connectivity index (χ4n) is 1.41. The van der Waals surface area contributed by atoms with Crippen molar-refractivity contribution in [2.75, 3.05) is 31.6 Å². The molecule has 88 valence electrons. The molecule has 0 spiro atoms. The first-order valence-electron chi connectivity index (χ1n) is 5.25. The van der Waals surface area contributed by atoms with Crippen LogP contribution in [0.25, 0.3) is 0 Å². The Morgan fingerprint density at radius 3 is 3.06 bits per heavy atom. The Morgan fingerprint density at radius 1 is 1.62 bits per heavy atom. The van der Waals surface area contributed by atoms with Crippen LogP contribution in [0.15, 0.2) is 4.52 Å². The highest BCUT2D eigenvalue weighted by Crippen LogP contribution is 2.15. The van der Waals surface area contributed by atoms with E-state index in [0.717, 1.165) is 6.54 Å². The smallest absolute Gasteiger partial charge is 0.265 e. The zero-order valence-corrected chi connectivity index (χ0v) is 9.36. The third kappa shape index (κ3) is 2.13. The van der Waals surface area contributed by atoms with Gasteiger partial charge in [0.15, 0.2) is 0 Å². The molecule has 7 heteroatoms. The summed E-state index contributed by atoms with van der Waals surface area (Å²) in [6, 6.07) is -0.0933. The zero-order valence-electron chi connectivity index (χ0n) is 9.36. The van der Waals surface area contributed by atoms with Crippen molar-refractivity contribution in [3.05, 3.63) is 5.89 Å². The number of aromatic nitrogens is 2. The molecular weight excluding hydrogens is 210 g/mol.